The van der Waals surface area contributed by atoms with Crippen molar-refractivity contribution < 1.29 is 14.6 Å². The predicted octanol–water partition coefficient (Wildman–Crippen LogP) is 1.18. The highest BCUT2D eigenvalue weighted by Gasteiger charge is 2.23. The van der Waals surface area contributed by atoms with E-state index in [9.17, 15) is 5.11 Å². The second-order valence-electron chi connectivity index (χ2n) is 4.21. The van der Waals surface area contributed by atoms with Gasteiger partial charge in [0.05, 0.1) is 26.1 Å². The van der Waals surface area contributed by atoms with Crippen LogP contribution in [0.4, 0.5) is 0 Å². The number of nitrogens with zero attached hydrogens (tertiary/aromatic N) is 4. The summed E-state index contributed by atoms with van der Waals surface area (Å²) in [6.45, 7) is 2.73. The quantitative estimate of drug-likeness (QED) is 0.854. The van der Waals surface area contributed by atoms with Crippen LogP contribution in [-0.2, 0) is 6.54 Å². The van der Waals surface area contributed by atoms with Crippen LogP contribution < -0.4 is 9.47 Å². The van der Waals surface area contributed by atoms with E-state index in [2.05, 4.69) is 15.1 Å². The van der Waals surface area contributed by atoms with Gasteiger partial charge < -0.3 is 14.6 Å². The molecule has 0 aliphatic carbocycles. The molecular formula is C13H18N4O3. The third-order valence-corrected chi connectivity index (χ3v) is 2.91. The Morgan fingerprint density at radius 1 is 1.30 bits per heavy atom. The van der Waals surface area contributed by atoms with Gasteiger partial charge in [-0.2, -0.15) is 5.10 Å². The first kappa shape index (κ1) is 14.3. The molecule has 7 nitrogen and oxygen atoms in total. The van der Waals surface area contributed by atoms with Crippen LogP contribution >= 0.6 is 0 Å². The third kappa shape index (κ3) is 2.72. The fourth-order valence-electron chi connectivity index (χ4n) is 1.96. The van der Waals surface area contributed by atoms with Crippen molar-refractivity contribution >= 4 is 0 Å². The van der Waals surface area contributed by atoms with Gasteiger partial charge in [-0.25, -0.2) is 9.97 Å². The Morgan fingerprint density at radius 3 is 2.75 bits per heavy atom. The lowest BCUT2D eigenvalue weighted by Gasteiger charge is -2.14. The number of aryl methyl sites for hydroxylation is 1. The topological polar surface area (TPSA) is 82.3 Å². The van der Waals surface area contributed by atoms with Gasteiger partial charge in [-0.3, -0.25) is 4.68 Å². The number of hydrogen-bond acceptors (Lipinski definition) is 6. The van der Waals surface area contributed by atoms with E-state index in [-0.39, 0.29) is 0 Å². The summed E-state index contributed by atoms with van der Waals surface area (Å²) in [6.07, 6.45) is 2.89. The SMILES string of the molecule is CCCn1ncc(OC)c1C(O)c1cc(OC)ncn1. The zero-order chi connectivity index (χ0) is 14.5. The number of aliphatic hydroxyl groups excluding tert-OH is 1. The second-order valence-corrected chi connectivity index (χ2v) is 4.21. The molecule has 0 bridgehead atoms. The molecule has 0 fully saturated rings. The van der Waals surface area contributed by atoms with Crippen molar-refractivity contribution in [2.24, 2.45) is 0 Å². The molecular weight excluding hydrogens is 260 g/mol. The van der Waals surface area contributed by atoms with Crippen molar-refractivity contribution in [3.8, 4) is 11.6 Å². The number of rotatable bonds is 6. The van der Waals surface area contributed by atoms with E-state index < -0.39 is 6.10 Å². The molecule has 0 aliphatic heterocycles. The monoisotopic (exact) mass is 278 g/mol. The van der Waals surface area contributed by atoms with Crippen molar-refractivity contribution in [1.82, 2.24) is 19.7 Å². The highest BCUT2D eigenvalue weighted by atomic mass is 16.5. The van der Waals surface area contributed by atoms with Crippen molar-refractivity contribution in [2.75, 3.05) is 14.2 Å². The van der Waals surface area contributed by atoms with Crippen molar-refractivity contribution in [2.45, 2.75) is 26.0 Å². The second kappa shape index (κ2) is 6.33. The summed E-state index contributed by atoms with van der Waals surface area (Å²) in [4.78, 5) is 8.01. The summed E-state index contributed by atoms with van der Waals surface area (Å²) < 4.78 is 12.0. The van der Waals surface area contributed by atoms with Gasteiger partial charge >= 0.3 is 0 Å². The number of aromatic nitrogens is 4. The zero-order valence-corrected chi connectivity index (χ0v) is 11.8. The third-order valence-electron chi connectivity index (χ3n) is 2.91. The summed E-state index contributed by atoms with van der Waals surface area (Å²) in [5.41, 5.74) is 1.02. The van der Waals surface area contributed by atoms with E-state index in [1.54, 1.807) is 24.1 Å². The van der Waals surface area contributed by atoms with Crippen LogP contribution in [0.5, 0.6) is 11.6 Å². The van der Waals surface area contributed by atoms with Gasteiger partial charge in [-0.15, -0.1) is 0 Å². The van der Waals surface area contributed by atoms with Gasteiger partial charge in [0.15, 0.2) is 5.75 Å². The predicted molar refractivity (Wildman–Crippen MR) is 71.7 cm³/mol. The maximum atomic E-state index is 10.5. The molecule has 2 rings (SSSR count). The van der Waals surface area contributed by atoms with Crippen LogP contribution in [0, 0.1) is 0 Å². The zero-order valence-electron chi connectivity index (χ0n) is 11.8. The number of aliphatic hydroxyl groups is 1. The fourth-order valence-corrected chi connectivity index (χ4v) is 1.96. The molecule has 2 aromatic heterocycles. The van der Waals surface area contributed by atoms with E-state index >= 15 is 0 Å². The molecule has 0 saturated carbocycles. The van der Waals surface area contributed by atoms with E-state index in [0.29, 0.717) is 29.6 Å². The highest BCUT2D eigenvalue weighted by Crippen LogP contribution is 2.29. The maximum absolute atomic E-state index is 10.5. The molecule has 0 spiro atoms. The molecule has 2 heterocycles. The standard InChI is InChI=1S/C13H18N4O3/c1-4-5-17-12(10(19-2)7-16-17)13(18)9-6-11(20-3)15-8-14-9/h6-8,13,18H,4-5H2,1-3H3. The fraction of sp³-hybridized carbons (Fsp3) is 0.462. The van der Waals surface area contributed by atoms with Crippen molar-refractivity contribution in [1.29, 1.82) is 0 Å². The molecule has 1 atom stereocenters. The summed E-state index contributed by atoms with van der Waals surface area (Å²) >= 11 is 0. The Kier molecular flexibility index (Phi) is 4.52. The van der Waals surface area contributed by atoms with Crippen LogP contribution in [0.3, 0.4) is 0 Å². The van der Waals surface area contributed by atoms with E-state index in [0.717, 1.165) is 6.42 Å². The molecule has 108 valence electrons. The van der Waals surface area contributed by atoms with Crippen LogP contribution in [0.25, 0.3) is 0 Å². The van der Waals surface area contributed by atoms with Crippen molar-refractivity contribution in [3.63, 3.8) is 0 Å². The normalized spacial score (nSPS) is 12.2. The largest absolute Gasteiger partial charge is 0.493 e. The average molecular weight is 278 g/mol. The van der Waals surface area contributed by atoms with Gasteiger partial charge in [-0.05, 0) is 6.42 Å². The summed E-state index contributed by atoms with van der Waals surface area (Å²) in [6, 6.07) is 1.59. The molecule has 0 radical (unpaired) electrons. The van der Waals surface area contributed by atoms with E-state index in [1.165, 1.54) is 13.4 Å². The number of hydrogen-bond donors (Lipinski definition) is 1. The maximum Gasteiger partial charge on any atom is 0.216 e. The summed E-state index contributed by atoms with van der Waals surface area (Å²) in [7, 11) is 3.06. The molecule has 0 saturated heterocycles. The summed E-state index contributed by atoms with van der Waals surface area (Å²) in [5.74, 6) is 0.929. The highest BCUT2D eigenvalue weighted by molar-refractivity contribution is 5.33. The lowest BCUT2D eigenvalue weighted by atomic mass is 10.1. The molecule has 1 unspecified atom stereocenters. The van der Waals surface area contributed by atoms with Gasteiger partial charge in [-0.1, -0.05) is 6.92 Å². The van der Waals surface area contributed by atoms with E-state index in [1.807, 2.05) is 6.92 Å². The van der Waals surface area contributed by atoms with Gasteiger partial charge in [0.25, 0.3) is 0 Å². The van der Waals surface area contributed by atoms with Crippen molar-refractivity contribution in [3.05, 3.63) is 30.0 Å². The number of ether oxygens (including phenoxy) is 2. The Hall–Kier alpha value is -2.15. The molecule has 1 N–H and O–H groups in total. The average Bonchev–Trinajstić information content (AvgIpc) is 2.89. The Balaban J connectivity index is 2.40. The lowest BCUT2D eigenvalue weighted by molar-refractivity contribution is 0.196. The Bertz CT molecular complexity index is 570. The van der Waals surface area contributed by atoms with Gasteiger partial charge in [0.1, 0.15) is 18.1 Å². The van der Waals surface area contributed by atoms with E-state index in [4.69, 9.17) is 9.47 Å². The van der Waals surface area contributed by atoms with Crippen LogP contribution in [0.1, 0.15) is 30.8 Å². The lowest BCUT2D eigenvalue weighted by Crippen LogP contribution is -2.12. The molecule has 20 heavy (non-hydrogen) atoms. The van der Waals surface area contributed by atoms with Gasteiger partial charge in [0.2, 0.25) is 5.88 Å². The first-order valence-electron chi connectivity index (χ1n) is 6.35. The Labute approximate surface area is 117 Å². The molecule has 0 aromatic carbocycles. The first-order valence-corrected chi connectivity index (χ1v) is 6.35. The Morgan fingerprint density at radius 2 is 2.10 bits per heavy atom. The smallest absolute Gasteiger partial charge is 0.216 e. The van der Waals surface area contributed by atoms with Crippen LogP contribution in [0.15, 0.2) is 18.6 Å². The van der Waals surface area contributed by atoms with Crippen LogP contribution in [0.2, 0.25) is 0 Å². The minimum atomic E-state index is -0.948. The number of methoxy groups -OCH3 is 2. The van der Waals surface area contributed by atoms with Crippen LogP contribution in [-0.4, -0.2) is 39.1 Å². The molecule has 7 heteroatoms. The molecule has 0 amide bonds. The minimum absolute atomic E-state index is 0.398. The van der Waals surface area contributed by atoms with Gasteiger partial charge in [0, 0.05) is 12.6 Å². The minimum Gasteiger partial charge on any atom is -0.493 e. The molecule has 2 aromatic rings. The molecule has 0 aliphatic rings. The first-order chi connectivity index (χ1) is 9.71. The summed E-state index contributed by atoms with van der Waals surface area (Å²) in [5, 5.41) is 14.8.